The lowest BCUT2D eigenvalue weighted by Crippen LogP contribution is -2.34. The van der Waals surface area contributed by atoms with Crippen molar-refractivity contribution >= 4 is 112 Å². The van der Waals surface area contributed by atoms with Gasteiger partial charge < -0.3 is 27.6 Å². The summed E-state index contributed by atoms with van der Waals surface area (Å²) in [6, 6.07) is 78.7. The van der Waals surface area contributed by atoms with Gasteiger partial charge in [-0.05, 0) is 43.2 Å². The van der Waals surface area contributed by atoms with E-state index in [4.69, 9.17) is 61.0 Å². The molecule has 4 heterocycles. The standard InChI is InChI=1S/C21H18F3NO4S.C18H12F3NO2.C18H11F3O2.C16H12O.C4F6O3.C3H7ClO2S.CH2Cl2.2CH4.OS3/c1-2-13-30(26,27)29-25-20(21(22,23)24)17-14-18(15-9-5-3-6-10-15)28-19(17)16-11-7-4-8-12-16;19-18(20,21)17(22-23)14-11-15(12-7-3-1-4-8-12)24-16(14)13-9-5-2-6-10-13;19-18(20,21)17(22)14-11-15(12-7-3-1-4-8-12)23-16(14)13-9-5-2-6-10-13;1-3-7-13(8-4-1)15-11-12-16(17-15)14-9-5-2-6-10-14;5-3(6,7)1(11)13-2(12)4(8,9)10;1-2-3-7(4,5)6;2-1-3;;;1-3-4-2/h3-12,14H,2,13H2,1H3;1-11,23H;1-11H;1-12H;;2-3H2,1H3;1H2;2*1H4;/b25-20+;22-17+;;;;;;;;. The summed E-state index contributed by atoms with van der Waals surface area (Å²) >= 11 is 13.6. The van der Waals surface area contributed by atoms with E-state index in [9.17, 15) is 97.1 Å². The fourth-order valence-corrected chi connectivity index (χ4v) is 11.4. The molecule has 12 aromatic rings. The molecular weight excluding hydrogens is 1820 g/mol. The van der Waals surface area contributed by atoms with E-state index in [1.165, 1.54) is 12.1 Å². The minimum Gasteiger partial charge on any atom is -0.456 e. The lowest BCUT2D eigenvalue weighted by atomic mass is 10.0. The van der Waals surface area contributed by atoms with Gasteiger partial charge in [0.2, 0.25) is 9.05 Å². The van der Waals surface area contributed by atoms with Crippen LogP contribution in [0, 0.1) is 0 Å². The Hall–Kier alpha value is -11.2. The van der Waals surface area contributed by atoms with Gasteiger partial charge in [-0.2, -0.15) is 78.5 Å². The molecule has 0 spiro atoms. The van der Waals surface area contributed by atoms with Gasteiger partial charge in [0.1, 0.15) is 46.1 Å². The Labute approximate surface area is 720 Å². The van der Waals surface area contributed by atoms with Crippen molar-refractivity contribution in [2.75, 3.05) is 16.8 Å². The van der Waals surface area contributed by atoms with Gasteiger partial charge in [0.05, 0.1) is 33.5 Å². The van der Waals surface area contributed by atoms with E-state index in [1.54, 1.807) is 196 Å². The molecule has 0 aliphatic carbocycles. The first-order valence-corrected chi connectivity index (χ1v) is 42.1. The van der Waals surface area contributed by atoms with Crippen molar-refractivity contribution in [3.05, 3.63) is 290 Å². The number of hydrogen-bond acceptors (Lipinski definition) is 18. The molecule has 658 valence electrons. The molecule has 0 atom stereocenters. The van der Waals surface area contributed by atoms with Crippen LogP contribution in [-0.4, -0.2) is 103 Å². The minimum absolute atomic E-state index is 0. The number of Topliss-reactive ketones (excluding diaryl/α,β-unsaturated/α-hetero) is 1. The van der Waals surface area contributed by atoms with Crippen LogP contribution in [0.4, 0.5) is 65.9 Å². The number of alkyl halides is 17. The molecule has 0 fully saturated rings. The largest absolute Gasteiger partial charge is 0.491 e. The number of carbonyl (C=O) groups is 3. The smallest absolute Gasteiger partial charge is 0.456 e. The normalized spacial score (nSPS) is 11.4. The van der Waals surface area contributed by atoms with E-state index < -0.39 is 96.1 Å². The molecule has 17 nitrogen and oxygen atoms in total. The Morgan fingerprint density at radius 1 is 0.398 bits per heavy atom. The number of furan rings is 4. The highest BCUT2D eigenvalue weighted by molar-refractivity contribution is 8.38. The van der Waals surface area contributed by atoms with Crippen molar-refractivity contribution in [1.82, 2.24) is 0 Å². The van der Waals surface area contributed by atoms with E-state index in [0.29, 0.717) is 50.0 Å². The zero-order chi connectivity index (χ0) is 89.8. The predicted octanol–water partition coefficient (Wildman–Crippen LogP) is 25.5. The molecule has 0 aliphatic heterocycles. The number of ketones is 1. The number of benzene rings is 8. The SMILES string of the molecule is C.C.CCCS(=O)(=O)Cl.CCCS(=O)(=O)O/N=C(\c1cc(-c2ccccc2)oc1-c1ccccc1)C(F)(F)F.ClCCl.O/N=C(\c1cc(-c2ccccc2)oc1-c1ccccc1)C(F)(F)F.O=C(OC(=O)C(F)(F)F)C(F)(F)F.O=C(c1cc(-c2ccccc2)oc1-c1ccccc1)C(F)(F)F.O=S=S=S.c1ccc(-c2ccc(-c3ccccc3)o2)cc1. The Morgan fingerprint density at radius 2 is 0.650 bits per heavy atom. The van der Waals surface area contributed by atoms with Crippen LogP contribution in [0.2, 0.25) is 0 Å². The fraction of sp³-hybridized carbons (Fsp3) is 0.169. The number of hydrogen-bond donors (Lipinski definition) is 1. The van der Waals surface area contributed by atoms with Gasteiger partial charge in [-0.3, -0.25) is 9.08 Å². The van der Waals surface area contributed by atoms with Crippen LogP contribution in [0.15, 0.2) is 301 Å². The van der Waals surface area contributed by atoms with Crippen LogP contribution in [0.1, 0.15) is 63.0 Å². The summed E-state index contributed by atoms with van der Waals surface area (Å²) in [6.45, 7) is 3.32. The highest BCUT2D eigenvalue weighted by atomic mass is 35.7. The van der Waals surface area contributed by atoms with Gasteiger partial charge in [0, 0.05) is 75.3 Å². The van der Waals surface area contributed by atoms with E-state index in [2.05, 4.69) is 30.5 Å². The third-order valence-corrected chi connectivity index (χ3v) is 18.0. The molecule has 4 aromatic heterocycles. The fourth-order valence-electron chi connectivity index (χ4n) is 9.69. The second kappa shape index (κ2) is 50.4. The van der Waals surface area contributed by atoms with Crippen LogP contribution >= 0.6 is 33.9 Å². The topological polar surface area (TPSA) is 253 Å². The van der Waals surface area contributed by atoms with Crippen molar-refractivity contribution in [1.29, 1.82) is 0 Å². The van der Waals surface area contributed by atoms with Crippen LogP contribution in [0.3, 0.4) is 0 Å². The maximum Gasteiger partial charge on any atom is 0.491 e. The second-order valence-corrected chi connectivity index (χ2v) is 31.0. The number of carbonyl (C=O) groups excluding carboxylic acids is 3. The maximum atomic E-state index is 13.8. The molecule has 0 amide bonds. The number of halogens is 18. The molecule has 0 bridgehead atoms. The number of oxime groups is 2. The lowest BCUT2D eigenvalue weighted by Gasteiger charge is -2.10. The third-order valence-electron chi connectivity index (χ3n) is 14.7. The molecule has 0 saturated heterocycles. The Balaban J connectivity index is 0.000000387. The van der Waals surface area contributed by atoms with Crippen molar-refractivity contribution in [3.8, 4) is 90.6 Å². The van der Waals surface area contributed by atoms with Crippen molar-refractivity contribution in [3.63, 3.8) is 0 Å². The molecule has 40 heteroatoms. The third kappa shape index (κ3) is 35.3. The van der Waals surface area contributed by atoms with Crippen molar-refractivity contribution in [2.24, 2.45) is 10.3 Å². The summed E-state index contributed by atoms with van der Waals surface area (Å²) in [4.78, 5) is 31.0. The zero-order valence-corrected chi connectivity index (χ0v) is 68.3. The average molecular weight is 1890 g/mol. The van der Waals surface area contributed by atoms with Crippen LogP contribution in [0.5, 0.6) is 0 Å². The highest BCUT2D eigenvalue weighted by Crippen LogP contribution is 2.41. The Morgan fingerprint density at radius 3 is 0.878 bits per heavy atom. The first-order valence-electron chi connectivity index (χ1n) is 34.0. The summed E-state index contributed by atoms with van der Waals surface area (Å²) < 4.78 is 269. The maximum absolute atomic E-state index is 13.8. The summed E-state index contributed by atoms with van der Waals surface area (Å²) in [5.74, 6) is -6.39. The molecule has 12 rings (SSSR count). The van der Waals surface area contributed by atoms with Gasteiger partial charge in [-0.15, -0.1) is 23.2 Å². The van der Waals surface area contributed by atoms with Gasteiger partial charge in [-0.1, -0.05) is 282 Å². The van der Waals surface area contributed by atoms with Crippen molar-refractivity contribution < 1.29 is 133 Å². The van der Waals surface area contributed by atoms with Crippen molar-refractivity contribution in [2.45, 2.75) is 72.4 Å². The minimum atomic E-state index is -5.62. The number of ether oxygens (including phenoxy) is 1. The first-order chi connectivity index (χ1) is 57.0. The van der Waals surface area contributed by atoms with Gasteiger partial charge >= 0.3 is 52.9 Å². The molecule has 8 aromatic carbocycles. The lowest BCUT2D eigenvalue weighted by molar-refractivity contribution is -0.221. The van der Waals surface area contributed by atoms with Gasteiger partial charge in [-0.25, -0.2) is 18.0 Å². The molecule has 0 saturated carbocycles. The van der Waals surface area contributed by atoms with Crippen LogP contribution in [0.25, 0.3) is 90.6 Å². The van der Waals surface area contributed by atoms with E-state index in [1.807, 2.05) is 72.8 Å². The Bertz CT molecular complexity index is 5540. The van der Waals surface area contributed by atoms with Gasteiger partial charge in [0.15, 0.2) is 21.6 Å². The van der Waals surface area contributed by atoms with E-state index in [-0.39, 0.29) is 72.5 Å². The number of esters is 2. The highest BCUT2D eigenvalue weighted by Gasteiger charge is 2.49. The van der Waals surface area contributed by atoms with Crippen LogP contribution < -0.4 is 0 Å². The van der Waals surface area contributed by atoms with Crippen LogP contribution in [-0.2, 0) is 68.1 Å². The van der Waals surface area contributed by atoms with Gasteiger partial charge in [0.25, 0.3) is 5.78 Å². The summed E-state index contributed by atoms with van der Waals surface area (Å²) in [5, 5.41) is 14.5. The predicted molar refractivity (Wildman–Crippen MR) is 447 cm³/mol. The molecule has 1 N–H and O–H groups in total. The molecule has 0 radical (unpaired) electrons. The quantitative estimate of drug-likeness (QED) is 0.0102. The summed E-state index contributed by atoms with van der Waals surface area (Å²) in [6.07, 6.45) is -25.2. The second-order valence-electron chi connectivity index (χ2n) is 23.4. The Kier molecular flexibility index (Phi) is 43.4. The number of nitrogens with zero attached hydrogens (tertiary/aromatic N) is 2. The summed E-state index contributed by atoms with van der Waals surface area (Å²) in [7, 11) is -1.49. The molecule has 0 unspecified atom stereocenters. The average Bonchev–Trinajstić information content (AvgIpc) is 1.72. The first kappa shape index (κ1) is 106. The molecular formula is C83H70Cl3F15N2O15S5. The zero-order valence-electron chi connectivity index (χ0n) is 61.9. The summed E-state index contributed by atoms with van der Waals surface area (Å²) in [5.41, 5.74) is 1.15. The number of rotatable bonds is 17. The molecule has 123 heavy (non-hydrogen) atoms. The van der Waals surface area contributed by atoms with E-state index in [0.717, 1.165) is 37.6 Å². The molecule has 0 aliphatic rings. The van der Waals surface area contributed by atoms with E-state index >= 15 is 0 Å². The monoisotopic (exact) mass is 1880 g/mol.